The average molecular weight is 456 g/mol. The van der Waals surface area contributed by atoms with Gasteiger partial charge in [-0.2, -0.15) is 0 Å². The Morgan fingerprint density at radius 3 is 2.82 bits per heavy atom. The number of carbonyl (C=O) groups excluding carboxylic acids is 2. The van der Waals surface area contributed by atoms with E-state index in [1.807, 2.05) is 0 Å². The van der Waals surface area contributed by atoms with Gasteiger partial charge in [0.1, 0.15) is 18.0 Å². The van der Waals surface area contributed by atoms with Gasteiger partial charge in [0.15, 0.2) is 5.78 Å². The molecule has 1 aromatic carbocycles. The van der Waals surface area contributed by atoms with Crippen LogP contribution in [0.4, 0.5) is 0 Å². The summed E-state index contributed by atoms with van der Waals surface area (Å²) in [6, 6.07) is 4.94. The van der Waals surface area contributed by atoms with Crippen LogP contribution in [0, 0.1) is 0 Å². The molecular formula is C20H25BN6O6. The normalized spacial score (nSPS) is 18.3. The van der Waals surface area contributed by atoms with E-state index in [4.69, 9.17) is 4.65 Å². The van der Waals surface area contributed by atoms with Crippen LogP contribution in [0.2, 0.25) is 0 Å². The number of para-hydroxylation sites is 1. The van der Waals surface area contributed by atoms with Gasteiger partial charge < -0.3 is 30.7 Å². The molecule has 4 rings (SSSR count). The highest BCUT2D eigenvalue weighted by atomic mass is 16.5. The third-order valence-electron chi connectivity index (χ3n) is 5.72. The molecule has 1 atom stereocenters. The minimum absolute atomic E-state index is 0.0502. The fourth-order valence-corrected chi connectivity index (χ4v) is 3.97. The van der Waals surface area contributed by atoms with Crippen LogP contribution in [0.15, 0.2) is 24.4 Å². The lowest BCUT2D eigenvalue weighted by Gasteiger charge is -2.28. The fraction of sp³-hybridized carbons (Fsp3) is 0.450. The van der Waals surface area contributed by atoms with Crippen molar-refractivity contribution in [3.63, 3.8) is 0 Å². The summed E-state index contributed by atoms with van der Waals surface area (Å²) in [5, 5.41) is 36.4. The van der Waals surface area contributed by atoms with Crippen molar-refractivity contribution >= 4 is 24.8 Å². The van der Waals surface area contributed by atoms with Gasteiger partial charge in [-0.25, -0.2) is 9.48 Å². The molecule has 1 amide bonds. The number of ketones is 1. The number of rotatable bonds is 8. The maximum absolute atomic E-state index is 12.5. The molecule has 174 valence electrons. The van der Waals surface area contributed by atoms with Crippen molar-refractivity contribution < 1.29 is 29.2 Å². The number of benzene rings is 1. The number of carboxylic acids is 1. The smallest absolute Gasteiger partial charge is 0.534 e. The second-order valence-corrected chi connectivity index (χ2v) is 8.12. The maximum atomic E-state index is 12.5. The highest BCUT2D eigenvalue weighted by molar-refractivity contribution is 6.47. The summed E-state index contributed by atoms with van der Waals surface area (Å²) < 4.78 is 6.62. The highest BCUT2D eigenvalue weighted by Gasteiger charge is 2.37. The molecule has 1 fully saturated rings. The first kappa shape index (κ1) is 22.9. The Labute approximate surface area is 189 Å². The van der Waals surface area contributed by atoms with Crippen molar-refractivity contribution in [3.05, 3.63) is 41.2 Å². The molecule has 1 saturated heterocycles. The Kier molecular flexibility index (Phi) is 7.01. The first-order chi connectivity index (χ1) is 15.9. The van der Waals surface area contributed by atoms with Gasteiger partial charge in [-0.05, 0) is 44.0 Å². The molecule has 0 radical (unpaired) electrons. The topological polar surface area (TPSA) is 168 Å². The molecular weight excluding hydrogens is 431 g/mol. The SMILES string of the molecule is O=C(Cn1cc(C(=O)CNC2CCNCC2)nn1)N[C@H]1Cc2cccc(C(=O)O)c2OB1O. The van der Waals surface area contributed by atoms with Crippen molar-refractivity contribution in [2.75, 3.05) is 19.6 Å². The number of amides is 1. The molecule has 12 nitrogen and oxygen atoms in total. The van der Waals surface area contributed by atoms with Gasteiger partial charge in [-0.1, -0.05) is 17.3 Å². The van der Waals surface area contributed by atoms with Gasteiger partial charge in [0.05, 0.1) is 24.2 Å². The predicted octanol–water partition coefficient (Wildman–Crippen LogP) is -1.36. The molecule has 5 N–H and O–H groups in total. The summed E-state index contributed by atoms with van der Waals surface area (Å²) in [6.07, 6.45) is 3.53. The van der Waals surface area contributed by atoms with Gasteiger partial charge in [0.25, 0.3) is 0 Å². The zero-order chi connectivity index (χ0) is 23.4. The van der Waals surface area contributed by atoms with E-state index in [1.165, 1.54) is 16.9 Å². The number of carboxylic acid groups (broad SMARTS) is 1. The Morgan fingerprint density at radius 1 is 1.27 bits per heavy atom. The summed E-state index contributed by atoms with van der Waals surface area (Å²) in [5.41, 5.74) is 0.687. The van der Waals surface area contributed by atoms with E-state index in [-0.39, 0.29) is 48.3 Å². The fourth-order valence-electron chi connectivity index (χ4n) is 3.97. The number of hydrogen-bond donors (Lipinski definition) is 5. The van der Waals surface area contributed by atoms with Crippen LogP contribution >= 0.6 is 0 Å². The van der Waals surface area contributed by atoms with Crippen LogP contribution in [0.5, 0.6) is 5.75 Å². The average Bonchev–Trinajstić information content (AvgIpc) is 3.26. The van der Waals surface area contributed by atoms with E-state index in [2.05, 4.69) is 26.3 Å². The van der Waals surface area contributed by atoms with E-state index in [1.54, 1.807) is 12.1 Å². The van der Waals surface area contributed by atoms with Gasteiger partial charge in [-0.3, -0.25) is 9.59 Å². The summed E-state index contributed by atoms with van der Waals surface area (Å²) in [5.74, 6) is -2.50. The number of aromatic nitrogens is 3. The lowest BCUT2D eigenvalue weighted by Crippen LogP contribution is -2.53. The second kappa shape index (κ2) is 10.1. The van der Waals surface area contributed by atoms with Crippen molar-refractivity contribution in [1.29, 1.82) is 0 Å². The molecule has 0 saturated carbocycles. The summed E-state index contributed by atoms with van der Waals surface area (Å²) in [4.78, 5) is 36.1. The maximum Gasteiger partial charge on any atom is 0.547 e. The van der Waals surface area contributed by atoms with Crippen LogP contribution in [0.25, 0.3) is 0 Å². The molecule has 2 aromatic rings. The van der Waals surface area contributed by atoms with Crippen LogP contribution in [-0.2, 0) is 17.8 Å². The molecule has 0 aliphatic carbocycles. The van der Waals surface area contributed by atoms with E-state index in [9.17, 15) is 24.5 Å². The Balaban J connectivity index is 1.30. The van der Waals surface area contributed by atoms with Gasteiger partial charge in [0.2, 0.25) is 5.91 Å². The number of fused-ring (bicyclic) bond motifs is 1. The minimum atomic E-state index is -1.41. The van der Waals surface area contributed by atoms with Crippen molar-refractivity contribution in [1.82, 2.24) is 30.9 Å². The van der Waals surface area contributed by atoms with E-state index in [0.29, 0.717) is 5.56 Å². The number of hydrogen-bond acceptors (Lipinski definition) is 9. The number of Topliss-reactive ketones (excluding diaryl/α,β-unsaturated/α-hetero) is 1. The molecule has 2 aliphatic rings. The molecule has 1 aromatic heterocycles. The lowest BCUT2D eigenvalue weighted by molar-refractivity contribution is -0.122. The molecule has 0 bridgehead atoms. The van der Waals surface area contributed by atoms with Crippen LogP contribution in [0.1, 0.15) is 39.3 Å². The summed E-state index contributed by atoms with van der Waals surface area (Å²) in [6.45, 7) is 1.79. The van der Waals surface area contributed by atoms with Gasteiger partial charge in [0, 0.05) is 6.04 Å². The summed E-state index contributed by atoms with van der Waals surface area (Å²) >= 11 is 0. The highest BCUT2D eigenvalue weighted by Crippen LogP contribution is 2.30. The van der Waals surface area contributed by atoms with Gasteiger partial charge in [-0.15, -0.1) is 5.10 Å². The van der Waals surface area contributed by atoms with Crippen molar-refractivity contribution in [2.24, 2.45) is 0 Å². The zero-order valence-corrected chi connectivity index (χ0v) is 17.9. The molecule has 0 unspecified atom stereocenters. The molecule has 2 aliphatic heterocycles. The Hall–Kier alpha value is -3.29. The largest absolute Gasteiger partial charge is 0.547 e. The number of nitrogens with zero attached hydrogens (tertiary/aromatic N) is 3. The van der Waals surface area contributed by atoms with Crippen molar-refractivity contribution in [3.8, 4) is 5.75 Å². The van der Waals surface area contributed by atoms with E-state index < -0.39 is 24.9 Å². The van der Waals surface area contributed by atoms with Crippen LogP contribution in [0.3, 0.4) is 0 Å². The second-order valence-electron chi connectivity index (χ2n) is 8.12. The lowest BCUT2D eigenvalue weighted by atomic mass is 9.72. The van der Waals surface area contributed by atoms with E-state index in [0.717, 1.165) is 25.9 Å². The molecule has 3 heterocycles. The molecule has 0 spiro atoms. The van der Waals surface area contributed by atoms with Crippen molar-refractivity contribution in [2.45, 2.75) is 37.8 Å². The monoisotopic (exact) mass is 456 g/mol. The number of nitrogens with one attached hydrogen (secondary N) is 3. The Bertz CT molecular complexity index is 1040. The minimum Gasteiger partial charge on any atom is -0.534 e. The number of carbonyl (C=O) groups is 3. The standard InChI is InChI=1S/C20H25BN6O6/c28-16(9-23-13-4-6-22-7-5-13)15-10-27(26-25-15)11-18(29)24-17-8-12-2-1-3-14(20(30)31)19(12)33-21(17)32/h1-3,10,13,17,22-23,32H,4-9,11H2,(H,24,29)(H,30,31)/t17-/m0/s1. The third-order valence-corrected chi connectivity index (χ3v) is 5.72. The number of aromatic carboxylic acids is 1. The van der Waals surface area contributed by atoms with E-state index >= 15 is 0 Å². The third kappa shape index (κ3) is 5.56. The zero-order valence-electron chi connectivity index (χ0n) is 17.9. The first-order valence-corrected chi connectivity index (χ1v) is 10.8. The van der Waals surface area contributed by atoms with Crippen LogP contribution in [-0.4, -0.2) is 81.5 Å². The molecule has 33 heavy (non-hydrogen) atoms. The Morgan fingerprint density at radius 2 is 2.06 bits per heavy atom. The first-order valence-electron chi connectivity index (χ1n) is 10.8. The quantitative estimate of drug-likeness (QED) is 0.236. The van der Waals surface area contributed by atoms with Gasteiger partial charge >= 0.3 is 13.1 Å². The predicted molar refractivity (Wildman–Crippen MR) is 116 cm³/mol. The molecule has 13 heteroatoms. The summed E-state index contributed by atoms with van der Waals surface area (Å²) in [7, 11) is -1.41. The number of piperidine rings is 1. The van der Waals surface area contributed by atoms with Crippen LogP contribution < -0.4 is 20.6 Å².